The van der Waals surface area contributed by atoms with Crippen LogP contribution in [-0.2, 0) is 9.53 Å². The van der Waals surface area contributed by atoms with Crippen LogP contribution in [-0.4, -0.2) is 37.7 Å². The minimum atomic E-state index is 0.0508. The molecule has 5 heteroatoms. The molecule has 1 aromatic rings. The molecule has 2 unspecified atom stereocenters. The van der Waals surface area contributed by atoms with Crippen molar-refractivity contribution >= 4 is 17.3 Å². The van der Waals surface area contributed by atoms with E-state index < -0.39 is 0 Å². The molecule has 1 saturated heterocycles. The van der Waals surface area contributed by atoms with E-state index in [1.54, 1.807) is 0 Å². The van der Waals surface area contributed by atoms with Crippen molar-refractivity contribution in [2.24, 2.45) is 5.73 Å². The highest BCUT2D eigenvalue weighted by molar-refractivity contribution is 5.90. The molecule has 2 rings (SSSR count). The van der Waals surface area contributed by atoms with Gasteiger partial charge in [-0.3, -0.25) is 4.79 Å². The maximum Gasteiger partial charge on any atom is 0.224 e. The van der Waals surface area contributed by atoms with Crippen LogP contribution in [0.25, 0.3) is 0 Å². The van der Waals surface area contributed by atoms with Crippen LogP contribution in [0.15, 0.2) is 24.3 Å². The Kier molecular flexibility index (Phi) is 6.21. The molecule has 0 bridgehead atoms. The van der Waals surface area contributed by atoms with Crippen LogP contribution in [0.2, 0.25) is 0 Å². The van der Waals surface area contributed by atoms with Gasteiger partial charge >= 0.3 is 0 Å². The molecule has 0 aliphatic carbocycles. The van der Waals surface area contributed by atoms with Crippen LogP contribution in [0.3, 0.4) is 0 Å². The summed E-state index contributed by atoms with van der Waals surface area (Å²) in [6.07, 6.45) is 2.73. The number of carbonyl (C=O) groups is 1. The van der Waals surface area contributed by atoms with Gasteiger partial charge in [-0.2, -0.15) is 0 Å². The number of hydrogen-bond acceptors (Lipinski definition) is 4. The van der Waals surface area contributed by atoms with Crippen molar-refractivity contribution in [2.75, 3.05) is 29.9 Å². The number of rotatable bonds is 6. The maximum absolute atomic E-state index is 11.8. The van der Waals surface area contributed by atoms with Crippen molar-refractivity contribution in [2.45, 2.75) is 45.3 Å². The molecule has 2 atom stereocenters. The number of benzene rings is 1. The van der Waals surface area contributed by atoms with E-state index in [9.17, 15) is 4.79 Å². The lowest BCUT2D eigenvalue weighted by Gasteiger charge is -2.36. The SMILES string of the molecule is CC1CN(c2ccc(NC(=O)CCCCN)cc2)CC(C)O1. The molecular weight excluding hydrogens is 278 g/mol. The molecule has 1 aromatic carbocycles. The Hall–Kier alpha value is -1.59. The van der Waals surface area contributed by atoms with Crippen molar-refractivity contribution < 1.29 is 9.53 Å². The second kappa shape index (κ2) is 8.15. The van der Waals surface area contributed by atoms with Crippen molar-refractivity contribution in [3.8, 4) is 0 Å². The number of morpholine rings is 1. The Balaban J connectivity index is 1.88. The van der Waals surface area contributed by atoms with Gasteiger partial charge in [0.25, 0.3) is 0 Å². The summed E-state index contributed by atoms with van der Waals surface area (Å²) in [6, 6.07) is 8.03. The predicted octanol–water partition coefficient (Wildman–Crippen LogP) is 2.37. The van der Waals surface area contributed by atoms with Crippen LogP contribution in [0.4, 0.5) is 11.4 Å². The van der Waals surface area contributed by atoms with Gasteiger partial charge in [0.1, 0.15) is 0 Å². The summed E-state index contributed by atoms with van der Waals surface area (Å²) >= 11 is 0. The third-order valence-electron chi connectivity index (χ3n) is 3.79. The van der Waals surface area contributed by atoms with Crippen molar-refractivity contribution in [1.82, 2.24) is 0 Å². The fourth-order valence-corrected chi connectivity index (χ4v) is 2.80. The number of ether oxygens (including phenoxy) is 1. The molecule has 0 radical (unpaired) electrons. The van der Waals surface area contributed by atoms with E-state index >= 15 is 0 Å². The number of unbranched alkanes of at least 4 members (excludes halogenated alkanes) is 1. The van der Waals surface area contributed by atoms with Crippen LogP contribution < -0.4 is 16.0 Å². The Morgan fingerprint density at radius 3 is 2.45 bits per heavy atom. The lowest BCUT2D eigenvalue weighted by Crippen LogP contribution is -2.45. The van der Waals surface area contributed by atoms with E-state index in [-0.39, 0.29) is 18.1 Å². The highest BCUT2D eigenvalue weighted by atomic mass is 16.5. The number of hydrogen-bond donors (Lipinski definition) is 2. The van der Waals surface area contributed by atoms with Gasteiger partial charge in [0.2, 0.25) is 5.91 Å². The lowest BCUT2D eigenvalue weighted by atomic mass is 10.2. The van der Waals surface area contributed by atoms with Crippen molar-refractivity contribution in [1.29, 1.82) is 0 Å². The summed E-state index contributed by atoms with van der Waals surface area (Å²) in [4.78, 5) is 14.1. The zero-order chi connectivity index (χ0) is 15.9. The summed E-state index contributed by atoms with van der Waals surface area (Å²) in [5.41, 5.74) is 7.44. The van der Waals surface area contributed by atoms with E-state index in [0.29, 0.717) is 13.0 Å². The van der Waals surface area contributed by atoms with Crippen LogP contribution in [0.1, 0.15) is 33.1 Å². The summed E-state index contributed by atoms with van der Waals surface area (Å²) < 4.78 is 5.75. The summed E-state index contributed by atoms with van der Waals surface area (Å²) in [6.45, 7) is 6.62. The Morgan fingerprint density at radius 1 is 1.23 bits per heavy atom. The van der Waals surface area contributed by atoms with Crippen LogP contribution in [0.5, 0.6) is 0 Å². The number of carbonyl (C=O) groups excluding carboxylic acids is 1. The van der Waals surface area contributed by atoms with Gasteiger partial charge < -0.3 is 20.7 Å². The number of anilines is 2. The second-order valence-corrected chi connectivity index (χ2v) is 6.00. The Morgan fingerprint density at radius 2 is 1.86 bits per heavy atom. The minimum absolute atomic E-state index is 0.0508. The fraction of sp³-hybridized carbons (Fsp3) is 0.588. The third kappa shape index (κ3) is 5.00. The number of amides is 1. The number of nitrogens with one attached hydrogen (secondary N) is 1. The van der Waals surface area contributed by atoms with Gasteiger partial charge in [-0.05, 0) is 57.5 Å². The standard InChI is InChI=1S/C17H27N3O2/c1-13-11-20(12-14(2)22-13)16-8-6-15(7-9-16)19-17(21)5-3-4-10-18/h6-9,13-14H,3-5,10-12,18H2,1-2H3,(H,19,21). The third-order valence-corrected chi connectivity index (χ3v) is 3.79. The summed E-state index contributed by atoms with van der Waals surface area (Å²) in [5, 5.41) is 2.93. The predicted molar refractivity (Wildman–Crippen MR) is 90.2 cm³/mol. The number of nitrogens with two attached hydrogens (primary N) is 1. The molecule has 0 aromatic heterocycles. The molecular formula is C17H27N3O2. The maximum atomic E-state index is 11.8. The first-order chi connectivity index (χ1) is 10.6. The first kappa shape index (κ1) is 16.8. The largest absolute Gasteiger partial charge is 0.372 e. The monoisotopic (exact) mass is 305 g/mol. The van der Waals surface area contributed by atoms with E-state index in [2.05, 4.69) is 36.2 Å². The highest BCUT2D eigenvalue weighted by Gasteiger charge is 2.22. The Bertz CT molecular complexity index is 465. The fourth-order valence-electron chi connectivity index (χ4n) is 2.80. The first-order valence-electron chi connectivity index (χ1n) is 8.09. The molecule has 0 spiro atoms. The zero-order valence-corrected chi connectivity index (χ0v) is 13.5. The molecule has 122 valence electrons. The highest BCUT2D eigenvalue weighted by Crippen LogP contribution is 2.22. The van der Waals surface area contributed by atoms with E-state index in [1.807, 2.05) is 12.1 Å². The van der Waals surface area contributed by atoms with E-state index in [4.69, 9.17) is 10.5 Å². The molecule has 0 saturated carbocycles. The average Bonchev–Trinajstić information content (AvgIpc) is 2.47. The molecule has 1 amide bonds. The normalized spacial score (nSPS) is 21.7. The van der Waals surface area contributed by atoms with Gasteiger partial charge in [-0.15, -0.1) is 0 Å². The quantitative estimate of drug-likeness (QED) is 0.792. The van der Waals surface area contributed by atoms with Crippen molar-refractivity contribution in [3.63, 3.8) is 0 Å². The Labute approximate surface area is 132 Å². The molecule has 1 aliphatic rings. The molecule has 1 aliphatic heterocycles. The zero-order valence-electron chi connectivity index (χ0n) is 13.5. The van der Waals surface area contributed by atoms with Crippen LogP contribution >= 0.6 is 0 Å². The van der Waals surface area contributed by atoms with Gasteiger partial charge in [-0.25, -0.2) is 0 Å². The molecule has 1 fully saturated rings. The summed E-state index contributed by atoms with van der Waals surface area (Å²) in [7, 11) is 0. The topological polar surface area (TPSA) is 67.6 Å². The molecule has 22 heavy (non-hydrogen) atoms. The van der Waals surface area contributed by atoms with Crippen LogP contribution in [0, 0.1) is 0 Å². The lowest BCUT2D eigenvalue weighted by molar-refractivity contribution is -0.116. The second-order valence-electron chi connectivity index (χ2n) is 6.00. The van der Waals surface area contributed by atoms with Gasteiger partial charge in [0.15, 0.2) is 0 Å². The smallest absolute Gasteiger partial charge is 0.224 e. The van der Waals surface area contributed by atoms with Gasteiger partial charge in [-0.1, -0.05) is 0 Å². The van der Waals surface area contributed by atoms with E-state index in [1.165, 1.54) is 5.69 Å². The van der Waals surface area contributed by atoms with Crippen molar-refractivity contribution in [3.05, 3.63) is 24.3 Å². The molecule has 5 nitrogen and oxygen atoms in total. The van der Waals surface area contributed by atoms with Gasteiger partial charge in [0, 0.05) is 30.9 Å². The first-order valence-corrected chi connectivity index (χ1v) is 8.09. The van der Waals surface area contributed by atoms with E-state index in [0.717, 1.165) is 31.6 Å². The van der Waals surface area contributed by atoms with Gasteiger partial charge in [0.05, 0.1) is 12.2 Å². The minimum Gasteiger partial charge on any atom is -0.372 e. The number of nitrogens with zero attached hydrogens (tertiary/aromatic N) is 1. The molecule has 1 heterocycles. The average molecular weight is 305 g/mol. The molecule has 3 N–H and O–H groups in total. The summed E-state index contributed by atoms with van der Waals surface area (Å²) in [5.74, 6) is 0.0508.